The molecule has 0 aromatic heterocycles. The summed E-state index contributed by atoms with van der Waals surface area (Å²) in [6.07, 6.45) is 1.13. The second-order valence-electron chi connectivity index (χ2n) is 5.09. The van der Waals surface area contributed by atoms with Gasteiger partial charge in [-0.1, -0.05) is 18.2 Å². The Morgan fingerprint density at radius 2 is 1.77 bits per heavy atom. The smallest absolute Gasteiger partial charge is 0.343 e. The van der Waals surface area contributed by atoms with Crippen LogP contribution in [0.2, 0.25) is 0 Å². The maximum absolute atomic E-state index is 13.6. The van der Waals surface area contributed by atoms with Crippen molar-refractivity contribution in [1.29, 1.82) is 0 Å². The molecular weight excluding hydrogens is 307 g/mol. The molecule has 22 heavy (non-hydrogen) atoms. The molecule has 0 amide bonds. The SMILES string of the molecule is Cc1ccc(F)c(OC(=O)c2ccc(CS(C)(=O)=O)cc2)c1. The van der Waals surface area contributed by atoms with Crippen molar-refractivity contribution < 1.29 is 22.3 Å². The maximum atomic E-state index is 13.6. The van der Waals surface area contributed by atoms with Gasteiger partial charge < -0.3 is 4.74 Å². The van der Waals surface area contributed by atoms with Crippen molar-refractivity contribution in [3.8, 4) is 5.75 Å². The van der Waals surface area contributed by atoms with Crippen LogP contribution in [0.25, 0.3) is 0 Å². The zero-order valence-corrected chi connectivity index (χ0v) is 13.0. The first kappa shape index (κ1) is 16.2. The number of aryl methyl sites for hydroxylation is 1. The summed E-state index contributed by atoms with van der Waals surface area (Å²) in [4.78, 5) is 12.0. The van der Waals surface area contributed by atoms with Crippen molar-refractivity contribution in [2.75, 3.05) is 6.26 Å². The number of esters is 1. The lowest BCUT2D eigenvalue weighted by Gasteiger charge is -2.07. The number of ether oxygens (including phenoxy) is 1. The summed E-state index contributed by atoms with van der Waals surface area (Å²) in [5.41, 5.74) is 1.56. The Hall–Kier alpha value is -2.21. The van der Waals surface area contributed by atoms with Gasteiger partial charge in [-0.25, -0.2) is 17.6 Å². The van der Waals surface area contributed by atoms with E-state index in [-0.39, 0.29) is 17.1 Å². The summed E-state index contributed by atoms with van der Waals surface area (Å²) in [7, 11) is -3.13. The molecule has 0 atom stereocenters. The fourth-order valence-electron chi connectivity index (χ4n) is 1.89. The number of carbonyl (C=O) groups is 1. The van der Waals surface area contributed by atoms with Crippen molar-refractivity contribution in [2.45, 2.75) is 12.7 Å². The highest BCUT2D eigenvalue weighted by atomic mass is 32.2. The zero-order chi connectivity index (χ0) is 16.3. The van der Waals surface area contributed by atoms with E-state index in [1.807, 2.05) is 0 Å². The number of benzene rings is 2. The molecule has 0 saturated carbocycles. The molecular formula is C16H15FO4S. The van der Waals surface area contributed by atoms with Crippen LogP contribution in [0.3, 0.4) is 0 Å². The van der Waals surface area contributed by atoms with E-state index in [2.05, 4.69) is 0 Å². The third kappa shape index (κ3) is 4.39. The van der Waals surface area contributed by atoms with Crippen molar-refractivity contribution >= 4 is 15.8 Å². The Morgan fingerprint density at radius 1 is 1.14 bits per heavy atom. The lowest BCUT2D eigenvalue weighted by Crippen LogP contribution is -2.10. The fraction of sp³-hybridized carbons (Fsp3) is 0.188. The summed E-state index contributed by atoms with van der Waals surface area (Å²) in [6.45, 7) is 1.76. The van der Waals surface area contributed by atoms with E-state index >= 15 is 0 Å². The van der Waals surface area contributed by atoms with Gasteiger partial charge in [-0.15, -0.1) is 0 Å². The summed E-state index contributed by atoms with van der Waals surface area (Å²) in [5, 5.41) is 0. The maximum Gasteiger partial charge on any atom is 0.343 e. The largest absolute Gasteiger partial charge is 0.420 e. The molecule has 2 aromatic carbocycles. The van der Waals surface area contributed by atoms with Crippen LogP contribution in [0.5, 0.6) is 5.75 Å². The summed E-state index contributed by atoms with van der Waals surface area (Å²) < 4.78 is 41.0. The fourth-order valence-corrected chi connectivity index (χ4v) is 2.69. The minimum Gasteiger partial charge on any atom is -0.420 e. The van der Waals surface area contributed by atoms with Gasteiger partial charge in [0.1, 0.15) is 0 Å². The lowest BCUT2D eigenvalue weighted by molar-refractivity contribution is 0.0728. The van der Waals surface area contributed by atoms with Gasteiger partial charge in [-0.3, -0.25) is 0 Å². The Balaban J connectivity index is 2.15. The molecule has 0 fully saturated rings. The van der Waals surface area contributed by atoms with E-state index in [0.717, 1.165) is 11.8 Å². The van der Waals surface area contributed by atoms with Crippen molar-refractivity contribution in [1.82, 2.24) is 0 Å². The molecule has 4 nitrogen and oxygen atoms in total. The van der Waals surface area contributed by atoms with Crippen LogP contribution in [-0.2, 0) is 15.6 Å². The van der Waals surface area contributed by atoms with Gasteiger partial charge in [0.15, 0.2) is 21.4 Å². The van der Waals surface area contributed by atoms with E-state index in [9.17, 15) is 17.6 Å². The Labute approximate surface area is 128 Å². The molecule has 0 aliphatic carbocycles. The molecule has 2 aromatic rings. The molecule has 6 heteroatoms. The molecule has 0 aliphatic heterocycles. The first-order valence-corrected chi connectivity index (χ1v) is 8.56. The van der Waals surface area contributed by atoms with Gasteiger partial charge in [-0.05, 0) is 42.3 Å². The molecule has 0 unspecified atom stereocenters. The monoisotopic (exact) mass is 322 g/mol. The van der Waals surface area contributed by atoms with Gasteiger partial charge in [0.05, 0.1) is 11.3 Å². The van der Waals surface area contributed by atoms with Gasteiger partial charge in [0.25, 0.3) is 0 Å². The van der Waals surface area contributed by atoms with Crippen LogP contribution in [0.1, 0.15) is 21.5 Å². The highest BCUT2D eigenvalue weighted by Crippen LogP contribution is 2.20. The van der Waals surface area contributed by atoms with Crippen LogP contribution < -0.4 is 4.74 Å². The van der Waals surface area contributed by atoms with E-state index in [1.165, 1.54) is 36.4 Å². The Bertz CT molecular complexity index is 795. The number of carbonyl (C=O) groups excluding carboxylic acids is 1. The number of hydrogen-bond acceptors (Lipinski definition) is 4. The normalized spacial score (nSPS) is 11.2. The average Bonchev–Trinajstić information content (AvgIpc) is 2.42. The third-order valence-corrected chi connectivity index (χ3v) is 3.77. The first-order chi connectivity index (χ1) is 10.2. The molecule has 0 saturated heterocycles. The molecule has 0 spiro atoms. The van der Waals surface area contributed by atoms with E-state index in [0.29, 0.717) is 5.56 Å². The molecule has 116 valence electrons. The first-order valence-electron chi connectivity index (χ1n) is 6.49. The quantitative estimate of drug-likeness (QED) is 0.641. The highest BCUT2D eigenvalue weighted by molar-refractivity contribution is 7.89. The van der Waals surface area contributed by atoms with Crippen molar-refractivity contribution in [3.63, 3.8) is 0 Å². The highest BCUT2D eigenvalue weighted by Gasteiger charge is 2.13. The predicted octanol–water partition coefficient (Wildman–Crippen LogP) is 2.90. The number of sulfone groups is 1. The molecule has 0 aliphatic rings. The predicted molar refractivity (Wildman–Crippen MR) is 81.1 cm³/mol. The molecule has 0 heterocycles. The minimum absolute atomic E-state index is 0.102. The number of rotatable bonds is 4. The van der Waals surface area contributed by atoms with Gasteiger partial charge in [-0.2, -0.15) is 0 Å². The summed E-state index contributed by atoms with van der Waals surface area (Å²) in [5.74, 6) is -1.55. The molecule has 0 bridgehead atoms. The summed E-state index contributed by atoms with van der Waals surface area (Å²) in [6, 6.07) is 10.2. The molecule has 2 rings (SSSR count). The van der Waals surface area contributed by atoms with E-state index < -0.39 is 21.6 Å². The van der Waals surface area contributed by atoms with E-state index in [4.69, 9.17) is 4.74 Å². The minimum atomic E-state index is -3.13. The van der Waals surface area contributed by atoms with Crippen molar-refractivity contribution in [2.24, 2.45) is 0 Å². The topological polar surface area (TPSA) is 60.4 Å². The van der Waals surface area contributed by atoms with Gasteiger partial charge >= 0.3 is 5.97 Å². The third-order valence-electron chi connectivity index (χ3n) is 2.91. The van der Waals surface area contributed by atoms with Gasteiger partial charge in [0, 0.05) is 6.26 Å². The Morgan fingerprint density at radius 3 is 2.36 bits per heavy atom. The second-order valence-corrected chi connectivity index (χ2v) is 7.23. The van der Waals surface area contributed by atoms with E-state index in [1.54, 1.807) is 13.0 Å². The van der Waals surface area contributed by atoms with Crippen molar-refractivity contribution in [3.05, 3.63) is 65.0 Å². The molecule has 0 N–H and O–H groups in total. The molecule has 0 radical (unpaired) electrons. The van der Waals surface area contributed by atoms with Crippen LogP contribution in [0.4, 0.5) is 4.39 Å². The lowest BCUT2D eigenvalue weighted by atomic mass is 10.1. The standard InChI is InChI=1S/C16H15FO4S/c1-11-3-8-14(17)15(9-11)21-16(18)13-6-4-12(5-7-13)10-22(2,19)20/h3-9H,10H2,1-2H3. The number of hydrogen-bond donors (Lipinski definition) is 0. The summed E-state index contributed by atoms with van der Waals surface area (Å²) >= 11 is 0. The Kier molecular flexibility index (Phi) is 4.61. The van der Waals surface area contributed by atoms with Crippen LogP contribution in [-0.4, -0.2) is 20.6 Å². The number of halogens is 1. The second kappa shape index (κ2) is 6.27. The average molecular weight is 322 g/mol. The van der Waals surface area contributed by atoms with Gasteiger partial charge in [0.2, 0.25) is 0 Å². The zero-order valence-electron chi connectivity index (χ0n) is 12.2. The van der Waals surface area contributed by atoms with Crippen LogP contribution in [0, 0.1) is 12.7 Å². The van der Waals surface area contributed by atoms with Crippen LogP contribution in [0.15, 0.2) is 42.5 Å². The van der Waals surface area contributed by atoms with Crippen LogP contribution >= 0.6 is 0 Å².